The fraction of sp³-hybridized carbons (Fsp3) is 0.833. The van der Waals surface area contributed by atoms with Crippen LogP contribution in [0, 0.1) is 0 Å². The van der Waals surface area contributed by atoms with E-state index in [0.717, 1.165) is 19.3 Å². The van der Waals surface area contributed by atoms with Crippen LogP contribution in [0.25, 0.3) is 0 Å². The Hall–Kier alpha value is -1.30. The summed E-state index contributed by atoms with van der Waals surface area (Å²) >= 11 is 0. The van der Waals surface area contributed by atoms with E-state index < -0.39 is 5.97 Å². The first-order valence-electron chi connectivity index (χ1n) is 6.37. The molecule has 0 aromatic carbocycles. The van der Waals surface area contributed by atoms with Gasteiger partial charge in [-0.05, 0) is 26.2 Å². The normalized spacial score (nSPS) is 22.7. The molecule has 0 aromatic heterocycles. The Labute approximate surface area is 107 Å². The van der Waals surface area contributed by atoms with Crippen molar-refractivity contribution in [3.05, 3.63) is 0 Å². The first kappa shape index (κ1) is 14.8. The van der Waals surface area contributed by atoms with Crippen molar-refractivity contribution in [3.63, 3.8) is 0 Å². The average molecular weight is 258 g/mol. The Morgan fingerprint density at radius 1 is 1.33 bits per heavy atom. The molecule has 1 heterocycles. The van der Waals surface area contributed by atoms with E-state index in [1.807, 2.05) is 6.92 Å². The van der Waals surface area contributed by atoms with Crippen LogP contribution in [0.2, 0.25) is 0 Å². The van der Waals surface area contributed by atoms with Gasteiger partial charge in [0.15, 0.2) is 0 Å². The van der Waals surface area contributed by atoms with E-state index >= 15 is 0 Å². The van der Waals surface area contributed by atoms with Crippen molar-refractivity contribution in [1.29, 1.82) is 0 Å². The van der Waals surface area contributed by atoms with Crippen molar-refractivity contribution < 1.29 is 19.4 Å². The number of ether oxygens (including phenoxy) is 1. The van der Waals surface area contributed by atoms with Gasteiger partial charge in [-0.2, -0.15) is 0 Å². The molecular weight excluding hydrogens is 236 g/mol. The third-order valence-corrected chi connectivity index (χ3v) is 2.99. The summed E-state index contributed by atoms with van der Waals surface area (Å²) in [7, 11) is 0. The molecule has 1 unspecified atom stereocenters. The summed E-state index contributed by atoms with van der Waals surface area (Å²) in [6, 6.07) is -0.179. The van der Waals surface area contributed by atoms with E-state index in [1.165, 1.54) is 0 Å². The predicted octanol–water partition coefficient (Wildman–Crippen LogP) is 1.11. The molecule has 0 aliphatic carbocycles. The largest absolute Gasteiger partial charge is 0.481 e. The highest BCUT2D eigenvalue weighted by molar-refractivity contribution is 5.74. The van der Waals surface area contributed by atoms with Gasteiger partial charge in [-0.15, -0.1) is 0 Å². The number of amides is 2. The van der Waals surface area contributed by atoms with Crippen LogP contribution in [0.15, 0.2) is 0 Å². The van der Waals surface area contributed by atoms with Crippen LogP contribution in [0.1, 0.15) is 39.0 Å². The molecule has 1 atom stereocenters. The van der Waals surface area contributed by atoms with E-state index in [4.69, 9.17) is 9.84 Å². The number of carboxylic acid groups (broad SMARTS) is 1. The highest BCUT2D eigenvalue weighted by atomic mass is 16.5. The molecule has 18 heavy (non-hydrogen) atoms. The fourth-order valence-electron chi connectivity index (χ4n) is 1.86. The van der Waals surface area contributed by atoms with Crippen molar-refractivity contribution in [3.8, 4) is 0 Å². The number of carbonyl (C=O) groups excluding carboxylic acids is 1. The molecule has 0 aromatic rings. The van der Waals surface area contributed by atoms with Crippen molar-refractivity contribution in [2.75, 3.05) is 19.8 Å². The van der Waals surface area contributed by atoms with Gasteiger partial charge in [-0.25, -0.2) is 4.79 Å². The van der Waals surface area contributed by atoms with Crippen LogP contribution in [0.3, 0.4) is 0 Å². The summed E-state index contributed by atoms with van der Waals surface area (Å²) in [5, 5.41) is 14.1. The van der Waals surface area contributed by atoms with Gasteiger partial charge in [0.1, 0.15) is 0 Å². The number of nitrogens with one attached hydrogen (secondary N) is 2. The van der Waals surface area contributed by atoms with Gasteiger partial charge in [0.25, 0.3) is 0 Å². The minimum atomic E-state index is -0.769. The van der Waals surface area contributed by atoms with E-state index in [9.17, 15) is 9.59 Å². The highest BCUT2D eigenvalue weighted by Gasteiger charge is 2.30. The van der Waals surface area contributed by atoms with Crippen molar-refractivity contribution in [1.82, 2.24) is 10.6 Å². The smallest absolute Gasteiger partial charge is 0.315 e. The van der Waals surface area contributed by atoms with E-state index in [1.54, 1.807) is 0 Å². The number of urea groups is 1. The predicted molar refractivity (Wildman–Crippen MR) is 66.5 cm³/mol. The molecular formula is C12H22N2O4. The summed E-state index contributed by atoms with van der Waals surface area (Å²) in [6.45, 7) is 3.78. The lowest BCUT2D eigenvalue weighted by atomic mass is 10.0. The molecule has 3 N–H and O–H groups in total. The van der Waals surface area contributed by atoms with Crippen LogP contribution in [-0.4, -0.2) is 42.4 Å². The highest BCUT2D eigenvalue weighted by Crippen LogP contribution is 2.16. The summed E-state index contributed by atoms with van der Waals surface area (Å²) in [6.07, 6.45) is 3.30. The van der Waals surface area contributed by atoms with Crippen LogP contribution in [0.5, 0.6) is 0 Å². The van der Waals surface area contributed by atoms with Crippen molar-refractivity contribution >= 4 is 12.0 Å². The van der Waals surface area contributed by atoms with Crippen molar-refractivity contribution in [2.45, 2.75) is 44.6 Å². The Morgan fingerprint density at radius 3 is 2.72 bits per heavy atom. The molecule has 104 valence electrons. The average Bonchev–Trinajstić information content (AvgIpc) is 2.69. The van der Waals surface area contributed by atoms with Gasteiger partial charge >= 0.3 is 12.0 Å². The first-order chi connectivity index (χ1) is 8.52. The first-order valence-corrected chi connectivity index (χ1v) is 6.37. The van der Waals surface area contributed by atoms with Gasteiger partial charge in [0, 0.05) is 19.6 Å². The Bertz CT molecular complexity index is 288. The molecule has 0 radical (unpaired) electrons. The van der Waals surface area contributed by atoms with Crippen LogP contribution in [0.4, 0.5) is 4.79 Å². The zero-order valence-corrected chi connectivity index (χ0v) is 10.8. The molecule has 1 rings (SSSR count). The topological polar surface area (TPSA) is 87.7 Å². The molecule has 0 spiro atoms. The number of hydrogen-bond donors (Lipinski definition) is 3. The summed E-state index contributed by atoms with van der Waals surface area (Å²) in [5.41, 5.74) is -0.257. The number of hydrogen-bond acceptors (Lipinski definition) is 3. The van der Waals surface area contributed by atoms with E-state index in [0.29, 0.717) is 26.2 Å². The molecule has 0 saturated carbocycles. The Kier molecular flexibility index (Phi) is 5.91. The lowest BCUT2D eigenvalue weighted by Crippen LogP contribution is -2.50. The van der Waals surface area contributed by atoms with E-state index in [-0.39, 0.29) is 18.0 Å². The molecule has 6 heteroatoms. The minimum Gasteiger partial charge on any atom is -0.481 e. The molecule has 1 aliphatic rings. The fourth-order valence-corrected chi connectivity index (χ4v) is 1.86. The molecule has 0 bridgehead atoms. The maximum atomic E-state index is 11.6. The monoisotopic (exact) mass is 258 g/mol. The van der Waals surface area contributed by atoms with Gasteiger partial charge in [-0.3, -0.25) is 4.79 Å². The molecule has 6 nitrogen and oxygen atoms in total. The quantitative estimate of drug-likeness (QED) is 0.597. The lowest BCUT2D eigenvalue weighted by molar-refractivity contribution is -0.137. The second kappa shape index (κ2) is 7.20. The number of carbonyl (C=O) groups is 2. The molecule has 1 saturated heterocycles. The summed E-state index contributed by atoms with van der Waals surface area (Å²) in [5.74, 6) is -0.769. The van der Waals surface area contributed by atoms with Gasteiger partial charge in [0.05, 0.1) is 12.1 Å². The van der Waals surface area contributed by atoms with Gasteiger partial charge in [-0.1, -0.05) is 6.42 Å². The van der Waals surface area contributed by atoms with Gasteiger partial charge in [0.2, 0.25) is 0 Å². The van der Waals surface area contributed by atoms with Gasteiger partial charge < -0.3 is 20.5 Å². The number of unbranched alkanes of at least 4 members (excludes halogenated alkanes) is 2. The lowest BCUT2D eigenvalue weighted by Gasteiger charge is -2.23. The third-order valence-electron chi connectivity index (χ3n) is 2.99. The van der Waals surface area contributed by atoms with Crippen molar-refractivity contribution in [2.24, 2.45) is 0 Å². The van der Waals surface area contributed by atoms with E-state index in [2.05, 4.69) is 10.6 Å². The zero-order valence-electron chi connectivity index (χ0n) is 10.8. The Balaban J connectivity index is 2.01. The third kappa shape index (κ3) is 5.86. The van der Waals surface area contributed by atoms with Crippen LogP contribution < -0.4 is 10.6 Å². The Morgan fingerprint density at radius 2 is 2.11 bits per heavy atom. The minimum absolute atomic E-state index is 0.179. The second-order valence-electron chi connectivity index (χ2n) is 4.95. The summed E-state index contributed by atoms with van der Waals surface area (Å²) in [4.78, 5) is 21.9. The molecule has 1 fully saturated rings. The molecule has 1 aliphatic heterocycles. The second-order valence-corrected chi connectivity index (χ2v) is 4.95. The summed E-state index contributed by atoms with van der Waals surface area (Å²) < 4.78 is 5.24. The number of rotatable bonds is 7. The van der Waals surface area contributed by atoms with Crippen LogP contribution >= 0.6 is 0 Å². The maximum absolute atomic E-state index is 11.6. The number of aliphatic carboxylic acids is 1. The number of carboxylic acids is 1. The standard InChI is InChI=1S/C12H22N2O4/c1-12(6-8-18-9-12)14-11(17)13-7-4-2-3-5-10(15)16/h2-9H2,1H3,(H,15,16)(H2,13,14,17). The van der Waals surface area contributed by atoms with Crippen LogP contribution in [-0.2, 0) is 9.53 Å². The SMILES string of the molecule is CC1(NC(=O)NCCCCCC(=O)O)CCOC1. The molecule has 2 amide bonds. The zero-order chi connectivity index (χ0) is 13.4. The maximum Gasteiger partial charge on any atom is 0.315 e.